The molecule has 0 heterocycles. The second-order valence-corrected chi connectivity index (χ2v) is 5.61. The van der Waals surface area contributed by atoms with Crippen molar-refractivity contribution in [2.24, 2.45) is 4.99 Å². The van der Waals surface area contributed by atoms with Gasteiger partial charge in [-0.1, -0.05) is 72.8 Å². The Hall–Kier alpha value is -2.69. The highest BCUT2D eigenvalue weighted by molar-refractivity contribution is 6.58. The van der Waals surface area contributed by atoms with Crippen LogP contribution in [0.15, 0.2) is 83.9 Å². The first-order chi connectivity index (χ1) is 11.6. The molecular weight excluding hydrogens is 297 g/mol. The fourth-order valence-electron chi connectivity index (χ4n) is 2.57. The summed E-state index contributed by atoms with van der Waals surface area (Å²) in [6, 6.07) is 25.3. The van der Waals surface area contributed by atoms with Crippen LogP contribution in [-0.4, -0.2) is 22.9 Å². The summed E-state index contributed by atoms with van der Waals surface area (Å²) in [4.78, 5) is 4.85. The van der Waals surface area contributed by atoms with Gasteiger partial charge in [0.1, 0.15) is 0 Å². The summed E-state index contributed by atoms with van der Waals surface area (Å²) in [5.74, 6) is 0. The molecule has 0 aliphatic carbocycles. The molecule has 3 rings (SSSR count). The molecule has 4 heteroatoms. The molecule has 0 aliphatic rings. The van der Waals surface area contributed by atoms with Crippen molar-refractivity contribution in [1.82, 2.24) is 0 Å². The number of benzene rings is 3. The van der Waals surface area contributed by atoms with Gasteiger partial charge in [-0.05, 0) is 24.0 Å². The van der Waals surface area contributed by atoms with Crippen LogP contribution in [0, 0.1) is 6.92 Å². The summed E-state index contributed by atoms with van der Waals surface area (Å²) in [5.41, 5.74) is 5.12. The smallest absolute Gasteiger partial charge is 0.423 e. The molecule has 24 heavy (non-hydrogen) atoms. The van der Waals surface area contributed by atoms with E-state index in [1.165, 1.54) is 0 Å². The van der Waals surface area contributed by atoms with Crippen molar-refractivity contribution in [3.8, 4) is 0 Å². The summed E-state index contributed by atoms with van der Waals surface area (Å²) in [5, 5.41) is 18.6. The van der Waals surface area contributed by atoms with Gasteiger partial charge in [0.2, 0.25) is 0 Å². The van der Waals surface area contributed by atoms with Crippen LogP contribution in [0.3, 0.4) is 0 Å². The fourth-order valence-corrected chi connectivity index (χ4v) is 2.57. The molecule has 118 valence electrons. The van der Waals surface area contributed by atoms with E-state index in [2.05, 4.69) is 0 Å². The molecule has 3 nitrogen and oxygen atoms in total. The van der Waals surface area contributed by atoms with Crippen LogP contribution in [0.1, 0.15) is 16.7 Å². The summed E-state index contributed by atoms with van der Waals surface area (Å²) in [6.45, 7) is 1.92. The van der Waals surface area contributed by atoms with E-state index in [0.29, 0.717) is 5.46 Å². The third-order valence-corrected chi connectivity index (χ3v) is 3.85. The van der Waals surface area contributed by atoms with Gasteiger partial charge in [-0.25, -0.2) is 4.99 Å². The van der Waals surface area contributed by atoms with E-state index in [9.17, 15) is 10.0 Å². The van der Waals surface area contributed by atoms with Crippen molar-refractivity contribution in [1.29, 1.82) is 0 Å². The zero-order chi connectivity index (χ0) is 16.9. The quantitative estimate of drug-likeness (QED) is 0.574. The van der Waals surface area contributed by atoms with E-state index in [1.807, 2.05) is 73.7 Å². The first-order valence-corrected chi connectivity index (χ1v) is 7.81. The van der Waals surface area contributed by atoms with Crippen LogP contribution in [0.2, 0.25) is 0 Å². The van der Waals surface area contributed by atoms with E-state index in [-0.39, 0.29) is 0 Å². The number of hydrogen-bond donors (Lipinski definition) is 2. The molecule has 3 aromatic carbocycles. The van der Waals surface area contributed by atoms with Crippen molar-refractivity contribution in [2.45, 2.75) is 6.92 Å². The first-order valence-electron chi connectivity index (χ1n) is 7.81. The SMILES string of the molecule is Cc1cc(B(O)O)ccc1N=C(c1ccccc1)c1ccccc1. The minimum Gasteiger partial charge on any atom is -0.423 e. The van der Waals surface area contributed by atoms with Crippen molar-refractivity contribution < 1.29 is 10.0 Å². The van der Waals surface area contributed by atoms with Crippen LogP contribution in [0.25, 0.3) is 0 Å². The summed E-state index contributed by atoms with van der Waals surface area (Å²) in [7, 11) is -1.47. The molecule has 0 aliphatic heterocycles. The molecule has 0 amide bonds. The standard InChI is InChI=1S/C20H18BNO2/c1-15-14-18(21(23)24)12-13-19(15)22-20(16-8-4-2-5-9-16)17-10-6-3-7-11-17/h2-14,23-24H,1H3. The summed E-state index contributed by atoms with van der Waals surface area (Å²) < 4.78 is 0. The second-order valence-electron chi connectivity index (χ2n) is 5.61. The molecule has 0 aromatic heterocycles. The van der Waals surface area contributed by atoms with Gasteiger partial charge in [-0.15, -0.1) is 0 Å². The zero-order valence-corrected chi connectivity index (χ0v) is 13.4. The van der Waals surface area contributed by atoms with E-state index >= 15 is 0 Å². The Bertz CT molecular complexity index is 805. The molecular formula is C20H18BNO2. The molecule has 0 radical (unpaired) electrons. The maximum absolute atomic E-state index is 9.30. The van der Waals surface area contributed by atoms with Crippen LogP contribution < -0.4 is 5.46 Å². The van der Waals surface area contributed by atoms with Crippen molar-refractivity contribution in [2.75, 3.05) is 0 Å². The number of hydrogen-bond acceptors (Lipinski definition) is 3. The van der Waals surface area contributed by atoms with E-state index in [1.54, 1.807) is 12.1 Å². The van der Waals surface area contributed by atoms with Crippen LogP contribution in [0.5, 0.6) is 0 Å². The normalized spacial score (nSPS) is 10.3. The summed E-state index contributed by atoms with van der Waals surface area (Å²) >= 11 is 0. The fraction of sp³-hybridized carbons (Fsp3) is 0.0500. The van der Waals surface area contributed by atoms with Gasteiger partial charge in [0.25, 0.3) is 0 Å². The Balaban J connectivity index is 2.11. The third-order valence-electron chi connectivity index (χ3n) is 3.85. The van der Waals surface area contributed by atoms with Crippen molar-refractivity contribution in [3.63, 3.8) is 0 Å². The number of nitrogens with zero attached hydrogens (tertiary/aromatic N) is 1. The maximum Gasteiger partial charge on any atom is 0.488 e. The lowest BCUT2D eigenvalue weighted by Gasteiger charge is -2.10. The van der Waals surface area contributed by atoms with Gasteiger partial charge in [0, 0.05) is 11.1 Å². The van der Waals surface area contributed by atoms with E-state index < -0.39 is 7.12 Å². The average Bonchev–Trinajstić information content (AvgIpc) is 2.62. The topological polar surface area (TPSA) is 52.8 Å². The minimum absolute atomic E-state index is 0.465. The molecule has 0 saturated carbocycles. The molecule has 0 fully saturated rings. The van der Waals surface area contributed by atoms with Crippen molar-refractivity contribution in [3.05, 3.63) is 95.6 Å². The molecule has 0 spiro atoms. The predicted molar refractivity (Wildman–Crippen MR) is 99.2 cm³/mol. The largest absolute Gasteiger partial charge is 0.488 e. The minimum atomic E-state index is -1.47. The van der Waals surface area contributed by atoms with E-state index in [4.69, 9.17) is 4.99 Å². The number of rotatable bonds is 4. The summed E-state index contributed by atoms with van der Waals surface area (Å²) in [6.07, 6.45) is 0. The Labute approximate surface area is 142 Å². The Morgan fingerprint density at radius 1 is 0.792 bits per heavy atom. The highest BCUT2D eigenvalue weighted by Crippen LogP contribution is 2.21. The van der Waals surface area contributed by atoms with Gasteiger partial charge in [-0.3, -0.25) is 0 Å². The van der Waals surface area contributed by atoms with Gasteiger partial charge in [0.15, 0.2) is 0 Å². The molecule has 2 N–H and O–H groups in total. The first kappa shape index (κ1) is 16.2. The highest BCUT2D eigenvalue weighted by Gasteiger charge is 2.13. The average molecular weight is 315 g/mol. The van der Waals surface area contributed by atoms with Crippen LogP contribution in [-0.2, 0) is 0 Å². The highest BCUT2D eigenvalue weighted by atomic mass is 16.4. The monoisotopic (exact) mass is 315 g/mol. The molecule has 0 atom stereocenters. The Morgan fingerprint density at radius 3 is 1.79 bits per heavy atom. The maximum atomic E-state index is 9.30. The van der Waals surface area contributed by atoms with Crippen LogP contribution in [0.4, 0.5) is 5.69 Å². The third kappa shape index (κ3) is 3.62. The van der Waals surface area contributed by atoms with Crippen LogP contribution >= 0.6 is 0 Å². The number of aliphatic imine (C=N–C) groups is 1. The van der Waals surface area contributed by atoms with Gasteiger partial charge in [0.05, 0.1) is 11.4 Å². The Kier molecular flexibility index (Phi) is 4.89. The number of aryl methyl sites for hydroxylation is 1. The lowest BCUT2D eigenvalue weighted by molar-refractivity contribution is 0.426. The van der Waals surface area contributed by atoms with Gasteiger partial charge < -0.3 is 10.0 Å². The van der Waals surface area contributed by atoms with Crippen molar-refractivity contribution >= 4 is 24.0 Å². The Morgan fingerprint density at radius 2 is 1.33 bits per heavy atom. The second kappa shape index (κ2) is 7.26. The zero-order valence-electron chi connectivity index (χ0n) is 13.4. The van der Waals surface area contributed by atoms with Gasteiger partial charge in [-0.2, -0.15) is 0 Å². The van der Waals surface area contributed by atoms with E-state index in [0.717, 1.165) is 28.1 Å². The predicted octanol–water partition coefficient (Wildman–Crippen LogP) is 2.84. The van der Waals surface area contributed by atoms with Gasteiger partial charge >= 0.3 is 7.12 Å². The molecule has 3 aromatic rings. The lowest BCUT2D eigenvalue weighted by atomic mass is 9.79. The molecule has 0 bridgehead atoms. The molecule has 0 saturated heterocycles. The lowest BCUT2D eigenvalue weighted by Crippen LogP contribution is -2.29. The molecule has 0 unspecified atom stereocenters.